The van der Waals surface area contributed by atoms with Gasteiger partial charge in [-0.25, -0.2) is 0 Å². The molecular formula is C4H7BN2S. The molecule has 0 radical (unpaired) electrons. The number of hydrogen-bond acceptors (Lipinski definition) is 1. The molecule has 0 aliphatic rings. The summed E-state index contributed by atoms with van der Waals surface area (Å²) < 4.78 is 0.710. The molecule has 0 aliphatic heterocycles. The van der Waals surface area contributed by atoms with E-state index in [1.807, 2.05) is 6.20 Å². The molecular weight excluding hydrogens is 119 g/mol. The van der Waals surface area contributed by atoms with Gasteiger partial charge in [-0.3, -0.25) is 0 Å². The van der Waals surface area contributed by atoms with Gasteiger partial charge in [0.25, 0.3) is 0 Å². The van der Waals surface area contributed by atoms with E-state index < -0.39 is 0 Å². The van der Waals surface area contributed by atoms with Crippen molar-refractivity contribution in [2.75, 3.05) is 0 Å². The lowest BCUT2D eigenvalue weighted by atomic mass is 10.0. The lowest BCUT2D eigenvalue weighted by Gasteiger charge is -1.79. The van der Waals surface area contributed by atoms with Crippen LogP contribution >= 0.6 is 12.2 Å². The number of hydrogen-bond donors (Lipinski definition) is 2. The fourth-order valence-corrected chi connectivity index (χ4v) is 0.751. The van der Waals surface area contributed by atoms with Gasteiger partial charge in [0.15, 0.2) is 4.77 Å². The van der Waals surface area contributed by atoms with E-state index in [0.717, 1.165) is 12.0 Å². The minimum atomic E-state index is 0.710. The van der Waals surface area contributed by atoms with E-state index in [4.69, 9.17) is 12.2 Å². The fraction of sp³-hybridized carbons (Fsp3) is 0.250. The second-order valence-electron chi connectivity index (χ2n) is 1.62. The molecule has 1 aromatic heterocycles. The molecule has 1 heterocycles. The molecule has 2 nitrogen and oxygen atoms in total. The minimum Gasteiger partial charge on any atom is -0.337 e. The van der Waals surface area contributed by atoms with E-state index in [1.165, 1.54) is 0 Å². The van der Waals surface area contributed by atoms with Crippen molar-refractivity contribution in [2.45, 2.75) is 6.32 Å². The van der Waals surface area contributed by atoms with Gasteiger partial charge >= 0.3 is 0 Å². The Morgan fingerprint density at radius 3 is 2.75 bits per heavy atom. The Morgan fingerprint density at radius 1 is 1.75 bits per heavy atom. The molecule has 0 saturated heterocycles. The van der Waals surface area contributed by atoms with Gasteiger partial charge in [-0.05, 0) is 18.5 Å². The summed E-state index contributed by atoms with van der Waals surface area (Å²) in [6, 6.07) is 0. The van der Waals surface area contributed by atoms with Crippen LogP contribution in [0.3, 0.4) is 0 Å². The summed E-state index contributed by atoms with van der Waals surface area (Å²) in [5, 5.41) is 0. The third kappa shape index (κ3) is 1.01. The molecule has 8 heavy (non-hydrogen) atoms. The first-order valence-corrected chi connectivity index (χ1v) is 3.00. The first-order valence-electron chi connectivity index (χ1n) is 2.59. The van der Waals surface area contributed by atoms with Crippen LogP contribution in [0.15, 0.2) is 6.20 Å². The second-order valence-corrected chi connectivity index (χ2v) is 2.03. The van der Waals surface area contributed by atoms with E-state index in [-0.39, 0.29) is 0 Å². The maximum atomic E-state index is 4.79. The van der Waals surface area contributed by atoms with Crippen LogP contribution in [-0.2, 0) is 6.32 Å². The molecule has 0 atom stereocenters. The van der Waals surface area contributed by atoms with Crippen LogP contribution in [0, 0.1) is 4.77 Å². The molecule has 0 aromatic carbocycles. The minimum absolute atomic E-state index is 0.710. The zero-order chi connectivity index (χ0) is 5.98. The van der Waals surface area contributed by atoms with Crippen molar-refractivity contribution in [1.82, 2.24) is 9.97 Å². The molecule has 2 N–H and O–H groups in total. The van der Waals surface area contributed by atoms with Crippen molar-refractivity contribution in [3.05, 3.63) is 16.7 Å². The third-order valence-corrected chi connectivity index (χ3v) is 1.25. The summed E-state index contributed by atoms with van der Waals surface area (Å²) in [5.74, 6) is 0. The summed E-state index contributed by atoms with van der Waals surface area (Å²) in [6.07, 6.45) is 2.90. The van der Waals surface area contributed by atoms with E-state index >= 15 is 0 Å². The molecule has 0 aliphatic carbocycles. The van der Waals surface area contributed by atoms with Crippen molar-refractivity contribution >= 4 is 20.1 Å². The molecule has 0 saturated carbocycles. The Balaban J connectivity index is 3.01. The Kier molecular flexibility index (Phi) is 1.53. The summed E-state index contributed by atoms with van der Waals surface area (Å²) in [6.45, 7) is 0. The molecule has 1 rings (SSSR count). The van der Waals surface area contributed by atoms with Crippen molar-refractivity contribution in [1.29, 1.82) is 0 Å². The second kappa shape index (κ2) is 2.18. The van der Waals surface area contributed by atoms with Crippen LogP contribution in [0.1, 0.15) is 5.69 Å². The largest absolute Gasteiger partial charge is 0.337 e. The van der Waals surface area contributed by atoms with Gasteiger partial charge < -0.3 is 9.97 Å². The number of aromatic amines is 2. The van der Waals surface area contributed by atoms with Crippen molar-refractivity contribution in [3.63, 3.8) is 0 Å². The highest BCUT2D eigenvalue weighted by Gasteiger charge is 1.85. The van der Waals surface area contributed by atoms with Gasteiger partial charge in [0.05, 0.1) is 0 Å². The smallest absolute Gasteiger partial charge is 0.174 e. The predicted octanol–water partition coefficient (Wildman–Crippen LogP) is 0.205. The van der Waals surface area contributed by atoms with Crippen LogP contribution in [0.4, 0.5) is 0 Å². The van der Waals surface area contributed by atoms with Crippen LogP contribution in [0.25, 0.3) is 0 Å². The van der Waals surface area contributed by atoms with Crippen LogP contribution in [0.2, 0.25) is 0 Å². The van der Waals surface area contributed by atoms with E-state index in [9.17, 15) is 0 Å². The molecule has 0 spiro atoms. The molecule has 0 amide bonds. The summed E-state index contributed by atoms with van der Waals surface area (Å²) in [7, 11) is 2.08. The Hall–Kier alpha value is -0.505. The zero-order valence-electron chi connectivity index (χ0n) is 4.69. The zero-order valence-corrected chi connectivity index (χ0v) is 5.51. The average Bonchev–Trinajstić information content (AvgIpc) is 2.14. The fourth-order valence-electron chi connectivity index (χ4n) is 0.561. The summed E-state index contributed by atoms with van der Waals surface area (Å²) in [4.78, 5) is 5.86. The topological polar surface area (TPSA) is 31.6 Å². The molecule has 0 bridgehead atoms. The first kappa shape index (κ1) is 5.63. The van der Waals surface area contributed by atoms with Crippen LogP contribution in [-0.4, -0.2) is 17.8 Å². The SMILES string of the molecule is BCc1c[nH]c(=S)[nH]1. The molecule has 1 aromatic rings. The summed E-state index contributed by atoms with van der Waals surface area (Å²) in [5.41, 5.74) is 1.16. The molecule has 0 fully saturated rings. The highest BCUT2D eigenvalue weighted by Crippen LogP contribution is 1.89. The molecule has 0 unspecified atom stereocenters. The third-order valence-electron chi connectivity index (χ3n) is 1.03. The monoisotopic (exact) mass is 126 g/mol. The van der Waals surface area contributed by atoms with Gasteiger partial charge in [-0.1, -0.05) is 0 Å². The van der Waals surface area contributed by atoms with Crippen molar-refractivity contribution in [2.24, 2.45) is 0 Å². The van der Waals surface area contributed by atoms with Crippen molar-refractivity contribution in [3.8, 4) is 0 Å². The van der Waals surface area contributed by atoms with Crippen LogP contribution < -0.4 is 0 Å². The quantitative estimate of drug-likeness (QED) is 0.409. The van der Waals surface area contributed by atoms with E-state index in [0.29, 0.717) is 4.77 Å². The molecule has 42 valence electrons. The van der Waals surface area contributed by atoms with Crippen molar-refractivity contribution < 1.29 is 0 Å². The number of H-pyrrole nitrogens is 2. The van der Waals surface area contributed by atoms with Gasteiger partial charge in [-0.15, -0.1) is 0 Å². The number of rotatable bonds is 1. The highest BCUT2D eigenvalue weighted by atomic mass is 32.1. The van der Waals surface area contributed by atoms with Crippen LogP contribution in [0.5, 0.6) is 0 Å². The normalized spacial score (nSPS) is 9.50. The van der Waals surface area contributed by atoms with Gasteiger partial charge in [0.1, 0.15) is 7.85 Å². The maximum Gasteiger partial charge on any atom is 0.174 e. The Labute approximate surface area is 53.7 Å². The standard InChI is InChI=1S/C4H7BN2S/c5-1-3-2-6-4(8)7-3/h2H,1,5H2,(H2,6,7,8). The Bertz CT molecular complexity index is 214. The number of imidazole rings is 1. The van der Waals surface area contributed by atoms with Gasteiger partial charge in [-0.2, -0.15) is 0 Å². The van der Waals surface area contributed by atoms with Gasteiger partial charge in [0, 0.05) is 11.9 Å². The average molecular weight is 126 g/mol. The summed E-state index contributed by atoms with van der Waals surface area (Å²) >= 11 is 4.79. The maximum absolute atomic E-state index is 4.79. The van der Waals surface area contributed by atoms with E-state index in [2.05, 4.69) is 17.8 Å². The van der Waals surface area contributed by atoms with Gasteiger partial charge in [0.2, 0.25) is 0 Å². The highest BCUT2D eigenvalue weighted by molar-refractivity contribution is 7.71. The number of nitrogens with one attached hydrogen (secondary N) is 2. The molecule has 4 heteroatoms. The lowest BCUT2D eigenvalue weighted by molar-refractivity contribution is 1.20. The predicted molar refractivity (Wildman–Crippen MR) is 38.2 cm³/mol. The number of aromatic nitrogens is 2. The Morgan fingerprint density at radius 2 is 2.50 bits per heavy atom. The lowest BCUT2D eigenvalue weighted by Crippen LogP contribution is -1.79. The van der Waals surface area contributed by atoms with E-state index in [1.54, 1.807) is 0 Å². The first-order chi connectivity index (χ1) is 3.83.